The van der Waals surface area contributed by atoms with Crippen LogP contribution in [0.2, 0.25) is 0 Å². The van der Waals surface area contributed by atoms with Gasteiger partial charge in [-0.25, -0.2) is 4.79 Å². The van der Waals surface area contributed by atoms with E-state index in [9.17, 15) is 4.79 Å². The van der Waals surface area contributed by atoms with Crippen molar-refractivity contribution >= 4 is 17.6 Å². The summed E-state index contributed by atoms with van der Waals surface area (Å²) in [5.74, 6) is -0.945. The molecule has 0 spiro atoms. The summed E-state index contributed by atoms with van der Waals surface area (Å²) in [6.45, 7) is 0. The first kappa shape index (κ1) is 8.57. The molecule has 68 valence electrons. The lowest BCUT2D eigenvalue weighted by Crippen LogP contribution is -2.26. The highest BCUT2D eigenvalue weighted by Crippen LogP contribution is 2.42. The average Bonchev–Trinajstić information content (AvgIpc) is 2.47. The molecule has 0 bridgehead atoms. The van der Waals surface area contributed by atoms with Crippen LogP contribution in [0.1, 0.15) is 17.5 Å². The molecule has 0 saturated carbocycles. The van der Waals surface area contributed by atoms with Gasteiger partial charge < -0.3 is 5.11 Å². The van der Waals surface area contributed by atoms with Gasteiger partial charge in [-0.1, -0.05) is 24.3 Å². The zero-order chi connectivity index (χ0) is 9.47. The van der Waals surface area contributed by atoms with Crippen molar-refractivity contribution in [3.8, 4) is 0 Å². The fourth-order valence-corrected chi connectivity index (χ4v) is 2.07. The van der Waals surface area contributed by atoms with E-state index in [1.165, 1.54) is 0 Å². The second-order valence-electron chi connectivity index (χ2n) is 3.26. The maximum Gasteiger partial charge on any atom is 0.329 e. The third kappa shape index (κ3) is 1.13. The standard InChI is InChI=1S/C10H9ClO2/c11-10(9(12)13)6-5-7-3-1-2-4-8(7)10/h1-4H,5-6H2,(H,12,13). The number of rotatable bonds is 1. The maximum atomic E-state index is 11.0. The number of hydrogen-bond acceptors (Lipinski definition) is 1. The molecule has 0 aliphatic heterocycles. The number of aryl methyl sites for hydroxylation is 1. The Kier molecular flexibility index (Phi) is 1.81. The van der Waals surface area contributed by atoms with E-state index in [0.717, 1.165) is 17.5 Å². The summed E-state index contributed by atoms with van der Waals surface area (Å²) < 4.78 is 0. The highest BCUT2D eigenvalue weighted by Gasteiger charge is 2.43. The van der Waals surface area contributed by atoms with Crippen LogP contribution in [0.15, 0.2) is 24.3 Å². The molecule has 13 heavy (non-hydrogen) atoms. The van der Waals surface area contributed by atoms with Gasteiger partial charge in [0.05, 0.1) is 0 Å². The Balaban J connectivity index is 2.55. The molecule has 0 saturated heterocycles. The lowest BCUT2D eigenvalue weighted by atomic mass is 10.0. The minimum absolute atomic E-state index is 0.489. The van der Waals surface area contributed by atoms with Crippen LogP contribution in [0.3, 0.4) is 0 Å². The largest absolute Gasteiger partial charge is 0.480 e. The summed E-state index contributed by atoms with van der Waals surface area (Å²) in [5.41, 5.74) is 1.81. The van der Waals surface area contributed by atoms with Crippen molar-refractivity contribution < 1.29 is 9.90 Å². The van der Waals surface area contributed by atoms with Gasteiger partial charge in [-0.05, 0) is 24.0 Å². The van der Waals surface area contributed by atoms with Gasteiger partial charge in [0.2, 0.25) is 0 Å². The van der Waals surface area contributed by atoms with Gasteiger partial charge in [0.25, 0.3) is 0 Å². The van der Waals surface area contributed by atoms with Gasteiger partial charge >= 0.3 is 5.97 Å². The smallest absolute Gasteiger partial charge is 0.329 e. The third-order valence-electron chi connectivity index (χ3n) is 2.52. The molecule has 0 heterocycles. The zero-order valence-electron chi connectivity index (χ0n) is 6.96. The summed E-state index contributed by atoms with van der Waals surface area (Å²) in [6.07, 6.45) is 1.25. The summed E-state index contributed by atoms with van der Waals surface area (Å²) >= 11 is 6.04. The van der Waals surface area contributed by atoms with E-state index in [1.807, 2.05) is 18.2 Å². The predicted octanol–water partition coefficient (Wildman–Crippen LogP) is 2.15. The van der Waals surface area contributed by atoms with Gasteiger partial charge in [0, 0.05) is 0 Å². The number of alkyl halides is 1. The second kappa shape index (κ2) is 2.74. The number of halogens is 1. The highest BCUT2D eigenvalue weighted by molar-refractivity contribution is 6.34. The Morgan fingerprint density at radius 2 is 2.15 bits per heavy atom. The van der Waals surface area contributed by atoms with Crippen LogP contribution in [0.4, 0.5) is 0 Å². The lowest BCUT2D eigenvalue weighted by molar-refractivity contribution is -0.140. The zero-order valence-corrected chi connectivity index (χ0v) is 7.71. The maximum absolute atomic E-state index is 11.0. The minimum atomic E-state index is -1.18. The molecule has 1 atom stereocenters. The van der Waals surface area contributed by atoms with Crippen molar-refractivity contribution in [2.45, 2.75) is 17.7 Å². The van der Waals surface area contributed by atoms with E-state index >= 15 is 0 Å². The first-order valence-corrected chi connectivity index (χ1v) is 4.53. The Morgan fingerprint density at radius 1 is 1.46 bits per heavy atom. The van der Waals surface area contributed by atoms with Gasteiger partial charge in [-0.2, -0.15) is 0 Å². The van der Waals surface area contributed by atoms with E-state index in [2.05, 4.69) is 0 Å². The monoisotopic (exact) mass is 196 g/mol. The van der Waals surface area contributed by atoms with Crippen LogP contribution in [0.25, 0.3) is 0 Å². The van der Waals surface area contributed by atoms with E-state index < -0.39 is 10.8 Å². The quantitative estimate of drug-likeness (QED) is 0.699. The van der Waals surface area contributed by atoms with Gasteiger partial charge in [0.1, 0.15) is 0 Å². The summed E-state index contributed by atoms with van der Waals surface area (Å²) in [6, 6.07) is 7.46. The number of hydrogen-bond donors (Lipinski definition) is 1. The molecule has 1 aromatic rings. The van der Waals surface area contributed by atoms with Gasteiger partial charge in [-0.15, -0.1) is 11.6 Å². The molecule has 0 aromatic heterocycles. The number of carbonyl (C=O) groups is 1. The first-order valence-electron chi connectivity index (χ1n) is 4.15. The molecule has 2 nitrogen and oxygen atoms in total. The Bertz CT molecular complexity index is 362. The SMILES string of the molecule is O=C(O)C1(Cl)CCc2ccccc21. The predicted molar refractivity (Wildman–Crippen MR) is 49.9 cm³/mol. The van der Waals surface area contributed by atoms with Crippen molar-refractivity contribution in [1.82, 2.24) is 0 Å². The molecule has 1 aromatic carbocycles. The number of carboxylic acid groups (broad SMARTS) is 1. The molecule has 2 rings (SSSR count). The molecule has 3 heteroatoms. The van der Waals surface area contributed by atoms with Crippen LogP contribution in [0.5, 0.6) is 0 Å². The fraction of sp³-hybridized carbons (Fsp3) is 0.300. The number of carboxylic acids is 1. The van der Waals surface area contributed by atoms with Crippen molar-refractivity contribution in [2.75, 3.05) is 0 Å². The molecule has 0 radical (unpaired) electrons. The molecule has 1 N–H and O–H groups in total. The van der Waals surface area contributed by atoms with Crippen LogP contribution < -0.4 is 0 Å². The normalized spacial score (nSPS) is 25.6. The van der Waals surface area contributed by atoms with Crippen molar-refractivity contribution in [1.29, 1.82) is 0 Å². The topological polar surface area (TPSA) is 37.3 Å². The minimum Gasteiger partial charge on any atom is -0.480 e. The van der Waals surface area contributed by atoms with Crippen molar-refractivity contribution in [2.24, 2.45) is 0 Å². The molecular weight excluding hydrogens is 188 g/mol. The molecule has 1 aliphatic rings. The van der Waals surface area contributed by atoms with Crippen molar-refractivity contribution in [3.05, 3.63) is 35.4 Å². The average molecular weight is 197 g/mol. The molecular formula is C10H9ClO2. The van der Waals surface area contributed by atoms with Crippen molar-refractivity contribution in [3.63, 3.8) is 0 Å². The van der Waals surface area contributed by atoms with E-state index in [1.54, 1.807) is 6.07 Å². The Labute approximate surface area is 81.1 Å². The van der Waals surface area contributed by atoms with Crippen LogP contribution in [0, 0.1) is 0 Å². The van der Waals surface area contributed by atoms with E-state index in [4.69, 9.17) is 16.7 Å². The summed E-state index contributed by atoms with van der Waals surface area (Å²) in [7, 11) is 0. The Hall–Kier alpha value is -1.02. The number of aliphatic carboxylic acids is 1. The molecule has 1 aliphatic carbocycles. The van der Waals surface area contributed by atoms with Gasteiger partial charge in [-0.3, -0.25) is 0 Å². The number of fused-ring (bicyclic) bond motifs is 1. The first-order chi connectivity index (χ1) is 6.14. The fourth-order valence-electron chi connectivity index (χ4n) is 1.79. The third-order valence-corrected chi connectivity index (χ3v) is 3.08. The van der Waals surface area contributed by atoms with E-state index in [-0.39, 0.29) is 0 Å². The van der Waals surface area contributed by atoms with Crippen LogP contribution in [-0.2, 0) is 16.1 Å². The number of benzene rings is 1. The van der Waals surface area contributed by atoms with Crippen LogP contribution in [-0.4, -0.2) is 11.1 Å². The highest BCUT2D eigenvalue weighted by atomic mass is 35.5. The molecule has 0 fully saturated rings. The lowest BCUT2D eigenvalue weighted by Gasteiger charge is -2.16. The molecule has 1 unspecified atom stereocenters. The van der Waals surface area contributed by atoms with Crippen LogP contribution >= 0.6 is 11.6 Å². The molecule has 0 amide bonds. The summed E-state index contributed by atoms with van der Waals surface area (Å²) in [5, 5.41) is 8.99. The van der Waals surface area contributed by atoms with Gasteiger partial charge in [0.15, 0.2) is 4.87 Å². The second-order valence-corrected chi connectivity index (χ2v) is 3.91. The van der Waals surface area contributed by atoms with E-state index in [0.29, 0.717) is 6.42 Å². The summed E-state index contributed by atoms with van der Waals surface area (Å²) in [4.78, 5) is 9.77. The Morgan fingerprint density at radius 3 is 2.85 bits per heavy atom.